The molecule has 0 aromatic heterocycles. The van der Waals surface area contributed by atoms with E-state index in [0.717, 1.165) is 38.8 Å². The summed E-state index contributed by atoms with van der Waals surface area (Å²) in [7, 11) is 1.74. The molecular weight excluding hydrogens is 204 g/mol. The van der Waals surface area contributed by atoms with E-state index in [1.54, 1.807) is 7.11 Å². The van der Waals surface area contributed by atoms with Gasteiger partial charge in [0.1, 0.15) is 5.60 Å². The smallest absolute Gasteiger partial charge is 0.106 e. The van der Waals surface area contributed by atoms with Crippen LogP contribution in [0.15, 0.2) is 0 Å². The molecule has 0 bridgehead atoms. The molecule has 90 valence electrons. The van der Waals surface area contributed by atoms with Gasteiger partial charge in [-0.2, -0.15) is 5.26 Å². The van der Waals surface area contributed by atoms with Gasteiger partial charge < -0.3 is 14.8 Å². The summed E-state index contributed by atoms with van der Waals surface area (Å²) in [5, 5.41) is 12.5. The summed E-state index contributed by atoms with van der Waals surface area (Å²) < 4.78 is 10.9. The van der Waals surface area contributed by atoms with Crippen molar-refractivity contribution in [1.29, 1.82) is 5.26 Å². The average Bonchev–Trinajstić information content (AvgIpc) is 2.96. The summed E-state index contributed by atoms with van der Waals surface area (Å²) in [6, 6.07) is 2.73. The van der Waals surface area contributed by atoms with Crippen molar-refractivity contribution in [3.05, 3.63) is 0 Å². The highest BCUT2D eigenvalue weighted by Crippen LogP contribution is 2.27. The molecule has 3 unspecified atom stereocenters. The zero-order chi connectivity index (χ0) is 11.4. The first kappa shape index (κ1) is 11.8. The molecule has 0 amide bonds. The van der Waals surface area contributed by atoms with E-state index in [2.05, 4.69) is 11.4 Å². The van der Waals surface area contributed by atoms with E-state index in [1.165, 1.54) is 0 Å². The second kappa shape index (κ2) is 5.13. The molecule has 2 fully saturated rings. The summed E-state index contributed by atoms with van der Waals surface area (Å²) in [6.45, 7) is 2.24. The van der Waals surface area contributed by atoms with E-state index in [-0.39, 0.29) is 11.5 Å². The summed E-state index contributed by atoms with van der Waals surface area (Å²) in [5.41, 5.74) is -0.164. The molecular formula is C12H20N2O2. The number of nitrogens with zero attached hydrogens (tertiary/aromatic N) is 1. The fourth-order valence-corrected chi connectivity index (χ4v) is 2.64. The molecule has 2 rings (SSSR count). The van der Waals surface area contributed by atoms with Gasteiger partial charge in [-0.1, -0.05) is 6.42 Å². The Kier molecular flexibility index (Phi) is 3.80. The molecule has 1 saturated heterocycles. The van der Waals surface area contributed by atoms with E-state index in [1.807, 2.05) is 0 Å². The monoisotopic (exact) mass is 224 g/mol. The quantitative estimate of drug-likeness (QED) is 0.776. The first-order chi connectivity index (χ1) is 7.79. The third kappa shape index (κ3) is 2.37. The van der Waals surface area contributed by atoms with Gasteiger partial charge in [-0.05, 0) is 12.8 Å². The number of ether oxygens (including phenoxy) is 2. The maximum Gasteiger partial charge on any atom is 0.106 e. The van der Waals surface area contributed by atoms with Gasteiger partial charge >= 0.3 is 0 Å². The van der Waals surface area contributed by atoms with Crippen LogP contribution in [-0.4, -0.2) is 38.5 Å². The van der Waals surface area contributed by atoms with Crippen LogP contribution in [0.4, 0.5) is 0 Å². The van der Waals surface area contributed by atoms with Crippen LogP contribution in [0.2, 0.25) is 0 Å². The second-order valence-electron chi connectivity index (χ2n) is 4.84. The summed E-state index contributed by atoms with van der Waals surface area (Å²) in [6.07, 6.45) is 4.25. The Labute approximate surface area is 96.9 Å². The van der Waals surface area contributed by atoms with Crippen molar-refractivity contribution in [3.8, 4) is 6.07 Å². The van der Waals surface area contributed by atoms with Crippen LogP contribution in [0.1, 0.15) is 25.7 Å². The highest BCUT2D eigenvalue weighted by molar-refractivity contribution is 4.98. The van der Waals surface area contributed by atoms with Crippen molar-refractivity contribution in [1.82, 2.24) is 5.32 Å². The zero-order valence-electron chi connectivity index (χ0n) is 9.87. The predicted octanol–water partition coefficient (Wildman–Crippen LogP) is 1.07. The molecule has 1 heterocycles. The van der Waals surface area contributed by atoms with Crippen LogP contribution in [0.25, 0.3) is 0 Å². The Morgan fingerprint density at radius 2 is 2.44 bits per heavy atom. The van der Waals surface area contributed by atoms with Crippen molar-refractivity contribution < 1.29 is 9.47 Å². The Bertz CT molecular complexity index is 269. The first-order valence-corrected chi connectivity index (χ1v) is 6.05. The minimum absolute atomic E-state index is 0.164. The first-order valence-electron chi connectivity index (χ1n) is 6.05. The van der Waals surface area contributed by atoms with Gasteiger partial charge in [0, 0.05) is 32.7 Å². The Hall–Kier alpha value is -0.630. The number of methoxy groups -OCH3 is 1. The van der Waals surface area contributed by atoms with E-state index in [9.17, 15) is 0 Å². The summed E-state index contributed by atoms with van der Waals surface area (Å²) in [5.74, 6) is 0.177. The van der Waals surface area contributed by atoms with Crippen LogP contribution < -0.4 is 5.32 Å². The Balaban J connectivity index is 1.84. The third-order valence-electron chi connectivity index (χ3n) is 3.87. The molecule has 1 saturated carbocycles. The fraction of sp³-hybridized carbons (Fsp3) is 0.917. The molecule has 4 heteroatoms. The minimum Gasteiger partial charge on any atom is -0.378 e. The second-order valence-corrected chi connectivity index (χ2v) is 4.84. The third-order valence-corrected chi connectivity index (χ3v) is 3.87. The molecule has 1 N–H and O–H groups in total. The van der Waals surface area contributed by atoms with E-state index in [0.29, 0.717) is 12.6 Å². The van der Waals surface area contributed by atoms with Crippen LogP contribution in [-0.2, 0) is 9.47 Å². The highest BCUT2D eigenvalue weighted by Gasteiger charge is 2.36. The van der Waals surface area contributed by atoms with Crippen molar-refractivity contribution in [3.63, 3.8) is 0 Å². The lowest BCUT2D eigenvalue weighted by molar-refractivity contribution is -0.0178. The van der Waals surface area contributed by atoms with E-state index >= 15 is 0 Å². The van der Waals surface area contributed by atoms with Crippen molar-refractivity contribution in [2.75, 3.05) is 26.9 Å². The molecule has 0 aromatic rings. The topological polar surface area (TPSA) is 54.3 Å². The maximum absolute atomic E-state index is 9.00. The number of hydrogen-bond donors (Lipinski definition) is 1. The SMILES string of the molecule is COC1(CNC2CCCC2C#N)CCOC1. The lowest BCUT2D eigenvalue weighted by Crippen LogP contribution is -2.47. The van der Waals surface area contributed by atoms with Gasteiger partial charge in [-0.3, -0.25) is 0 Å². The molecule has 1 aliphatic heterocycles. The van der Waals surface area contributed by atoms with Crippen LogP contribution >= 0.6 is 0 Å². The maximum atomic E-state index is 9.00. The standard InChI is InChI=1S/C12H20N2O2/c1-15-12(5-6-16-9-12)8-14-11-4-2-3-10(11)7-13/h10-11,14H,2-6,8-9H2,1H3. The molecule has 2 aliphatic rings. The van der Waals surface area contributed by atoms with E-state index in [4.69, 9.17) is 14.7 Å². The number of nitrogens with one attached hydrogen (secondary N) is 1. The summed E-state index contributed by atoms with van der Waals surface area (Å²) >= 11 is 0. The number of nitriles is 1. The lowest BCUT2D eigenvalue weighted by Gasteiger charge is -2.28. The van der Waals surface area contributed by atoms with Crippen molar-refractivity contribution >= 4 is 0 Å². The zero-order valence-corrected chi connectivity index (χ0v) is 9.87. The molecule has 0 aromatic carbocycles. The van der Waals surface area contributed by atoms with Gasteiger partial charge in [-0.15, -0.1) is 0 Å². The Morgan fingerprint density at radius 1 is 1.56 bits per heavy atom. The van der Waals surface area contributed by atoms with Gasteiger partial charge in [0.15, 0.2) is 0 Å². The van der Waals surface area contributed by atoms with Gasteiger partial charge in [-0.25, -0.2) is 0 Å². The normalized spacial score (nSPS) is 38.8. The molecule has 4 nitrogen and oxygen atoms in total. The largest absolute Gasteiger partial charge is 0.378 e. The molecule has 16 heavy (non-hydrogen) atoms. The minimum atomic E-state index is -0.164. The van der Waals surface area contributed by atoms with Gasteiger partial charge in [0.25, 0.3) is 0 Å². The van der Waals surface area contributed by atoms with Crippen molar-refractivity contribution in [2.45, 2.75) is 37.3 Å². The average molecular weight is 224 g/mol. The molecule has 0 spiro atoms. The number of hydrogen-bond acceptors (Lipinski definition) is 4. The highest BCUT2D eigenvalue weighted by atomic mass is 16.5. The van der Waals surface area contributed by atoms with Crippen molar-refractivity contribution in [2.24, 2.45) is 5.92 Å². The Morgan fingerprint density at radius 3 is 3.06 bits per heavy atom. The fourth-order valence-electron chi connectivity index (χ4n) is 2.64. The number of rotatable bonds is 4. The summed E-state index contributed by atoms with van der Waals surface area (Å²) in [4.78, 5) is 0. The predicted molar refractivity (Wildman–Crippen MR) is 59.9 cm³/mol. The van der Waals surface area contributed by atoms with Crippen LogP contribution in [0.5, 0.6) is 0 Å². The molecule has 1 aliphatic carbocycles. The van der Waals surface area contributed by atoms with Gasteiger partial charge in [0.2, 0.25) is 0 Å². The van der Waals surface area contributed by atoms with E-state index < -0.39 is 0 Å². The lowest BCUT2D eigenvalue weighted by atomic mass is 10.0. The van der Waals surface area contributed by atoms with Crippen LogP contribution in [0, 0.1) is 17.2 Å². The van der Waals surface area contributed by atoms with Gasteiger partial charge in [0.05, 0.1) is 18.6 Å². The molecule has 3 atom stereocenters. The molecule has 0 radical (unpaired) electrons. The van der Waals surface area contributed by atoms with Crippen LogP contribution in [0.3, 0.4) is 0 Å².